The van der Waals surface area contributed by atoms with Crippen LogP contribution >= 0.6 is 11.3 Å². The number of hydrogen-bond acceptors (Lipinski definition) is 5. The number of quaternary nitrogens is 1. The molecule has 1 aliphatic heterocycles. The zero-order chi connectivity index (χ0) is 20.1. The Hall–Kier alpha value is -1.54. The number of nitrogens with one attached hydrogen (secondary N) is 2. The highest BCUT2D eigenvalue weighted by atomic mass is 32.1. The third kappa shape index (κ3) is 5.54. The molecule has 0 spiro atoms. The van der Waals surface area contributed by atoms with Gasteiger partial charge in [0.05, 0.1) is 32.2 Å². The molecule has 1 aromatic heterocycles. The van der Waals surface area contributed by atoms with E-state index in [-0.39, 0.29) is 24.7 Å². The van der Waals surface area contributed by atoms with Crippen LogP contribution < -0.4 is 10.2 Å². The Balaban J connectivity index is 1.17. The van der Waals surface area contributed by atoms with Gasteiger partial charge in [-0.1, -0.05) is 30.6 Å². The molecule has 7 nitrogen and oxygen atoms in total. The number of anilines is 1. The number of carbonyl (C=O) groups is 2. The van der Waals surface area contributed by atoms with E-state index in [1.807, 2.05) is 4.90 Å². The third-order valence-corrected chi connectivity index (χ3v) is 7.90. The largest absolute Gasteiger partial charge is 0.331 e. The van der Waals surface area contributed by atoms with Crippen LogP contribution in [0.2, 0.25) is 0 Å². The fraction of sp³-hybridized carbons (Fsp3) is 0.810. The molecule has 0 unspecified atom stereocenters. The molecule has 0 radical (unpaired) electrons. The molecule has 2 heterocycles. The first-order valence-electron chi connectivity index (χ1n) is 11.4. The van der Waals surface area contributed by atoms with E-state index < -0.39 is 0 Å². The third-order valence-electron chi connectivity index (χ3n) is 6.90. The van der Waals surface area contributed by atoms with Crippen molar-refractivity contribution in [3.05, 3.63) is 5.01 Å². The van der Waals surface area contributed by atoms with Gasteiger partial charge in [-0.05, 0) is 38.5 Å². The summed E-state index contributed by atoms with van der Waals surface area (Å²) in [5.74, 6) is 0.462. The highest BCUT2D eigenvalue weighted by Crippen LogP contribution is 2.35. The molecule has 0 bridgehead atoms. The van der Waals surface area contributed by atoms with Crippen molar-refractivity contribution in [1.29, 1.82) is 0 Å². The second kappa shape index (κ2) is 9.98. The monoisotopic (exact) mass is 420 g/mol. The Morgan fingerprint density at radius 2 is 1.66 bits per heavy atom. The molecule has 0 atom stereocenters. The molecule has 29 heavy (non-hydrogen) atoms. The number of piperazine rings is 1. The molecular weight excluding hydrogens is 386 g/mol. The van der Waals surface area contributed by atoms with Crippen LogP contribution in [0.25, 0.3) is 0 Å². The lowest BCUT2D eigenvalue weighted by Gasteiger charge is -2.35. The smallest absolute Gasteiger partial charge is 0.226 e. The summed E-state index contributed by atoms with van der Waals surface area (Å²) in [6.45, 7) is 3.76. The highest BCUT2D eigenvalue weighted by Gasteiger charge is 2.31. The summed E-state index contributed by atoms with van der Waals surface area (Å²) >= 11 is 1.49. The zero-order valence-corrected chi connectivity index (χ0v) is 18.1. The molecule has 1 saturated heterocycles. The van der Waals surface area contributed by atoms with Gasteiger partial charge in [-0.25, -0.2) is 0 Å². The number of hydrogen-bond donors (Lipinski definition) is 2. The van der Waals surface area contributed by atoms with Crippen LogP contribution in [0.4, 0.5) is 5.13 Å². The van der Waals surface area contributed by atoms with Crippen molar-refractivity contribution in [2.75, 3.05) is 31.5 Å². The molecule has 4 rings (SSSR count). The summed E-state index contributed by atoms with van der Waals surface area (Å²) in [6.07, 6.45) is 12.1. The Morgan fingerprint density at radius 1 is 0.966 bits per heavy atom. The van der Waals surface area contributed by atoms with Crippen molar-refractivity contribution in [3.8, 4) is 0 Å². The van der Waals surface area contributed by atoms with Crippen LogP contribution in [0.3, 0.4) is 0 Å². The summed E-state index contributed by atoms with van der Waals surface area (Å²) in [5.41, 5.74) is 0. The van der Waals surface area contributed by atoms with Gasteiger partial charge in [-0.15, -0.1) is 10.2 Å². The Labute approximate surface area is 177 Å². The SMILES string of the molecule is O=C(CCC(=O)N1CC[NH+](C2CCCC2)CC1)Nc1nnc(C2CCCCC2)s1. The van der Waals surface area contributed by atoms with Crippen LogP contribution in [0.1, 0.15) is 81.6 Å². The number of rotatable bonds is 6. The second-order valence-electron chi connectivity index (χ2n) is 8.85. The van der Waals surface area contributed by atoms with Gasteiger partial charge in [0.2, 0.25) is 16.9 Å². The Kier molecular flexibility index (Phi) is 7.13. The molecular formula is C21H34N5O2S+. The van der Waals surface area contributed by atoms with E-state index in [1.165, 1.54) is 69.1 Å². The molecule has 1 aromatic rings. The van der Waals surface area contributed by atoms with Gasteiger partial charge in [-0.3, -0.25) is 9.59 Å². The molecule has 0 aromatic carbocycles. The van der Waals surface area contributed by atoms with Crippen molar-refractivity contribution >= 4 is 28.3 Å². The summed E-state index contributed by atoms with van der Waals surface area (Å²) < 4.78 is 0. The Bertz CT molecular complexity index is 689. The summed E-state index contributed by atoms with van der Waals surface area (Å²) in [4.78, 5) is 28.4. The minimum absolute atomic E-state index is 0.103. The van der Waals surface area contributed by atoms with E-state index >= 15 is 0 Å². The van der Waals surface area contributed by atoms with Crippen molar-refractivity contribution in [2.24, 2.45) is 0 Å². The first kappa shape index (κ1) is 20.7. The fourth-order valence-electron chi connectivity index (χ4n) is 5.15. The maximum atomic E-state index is 12.5. The van der Waals surface area contributed by atoms with Crippen LogP contribution in [-0.2, 0) is 9.59 Å². The van der Waals surface area contributed by atoms with Gasteiger partial charge in [0.15, 0.2) is 0 Å². The number of aromatic nitrogens is 2. The molecule has 2 aliphatic carbocycles. The van der Waals surface area contributed by atoms with Crippen molar-refractivity contribution in [3.63, 3.8) is 0 Å². The minimum atomic E-state index is -0.139. The lowest BCUT2D eigenvalue weighted by atomic mass is 9.90. The quantitative estimate of drug-likeness (QED) is 0.738. The lowest BCUT2D eigenvalue weighted by molar-refractivity contribution is -0.928. The van der Waals surface area contributed by atoms with Crippen molar-refractivity contribution < 1.29 is 14.5 Å². The van der Waals surface area contributed by atoms with Gasteiger partial charge in [0.25, 0.3) is 0 Å². The first-order chi connectivity index (χ1) is 14.2. The highest BCUT2D eigenvalue weighted by molar-refractivity contribution is 7.15. The van der Waals surface area contributed by atoms with Crippen LogP contribution in [0, 0.1) is 0 Å². The normalized spacial score (nSPS) is 22.1. The molecule has 2 N–H and O–H groups in total. The van der Waals surface area contributed by atoms with Gasteiger partial charge in [0, 0.05) is 18.8 Å². The van der Waals surface area contributed by atoms with Gasteiger partial charge >= 0.3 is 0 Å². The first-order valence-corrected chi connectivity index (χ1v) is 12.3. The standard InChI is InChI=1S/C21H33N5O2S/c27-18(22-21-24-23-20(29-21)16-6-2-1-3-7-16)10-11-19(28)26-14-12-25(13-15-26)17-8-4-5-9-17/h16-17H,1-15H2,(H,22,24,27)/p+1. The molecule has 3 fully saturated rings. The zero-order valence-electron chi connectivity index (χ0n) is 17.3. The maximum Gasteiger partial charge on any atom is 0.226 e. The van der Waals surface area contributed by atoms with Crippen LogP contribution in [-0.4, -0.2) is 59.1 Å². The molecule has 8 heteroatoms. The van der Waals surface area contributed by atoms with Crippen molar-refractivity contribution in [2.45, 2.75) is 82.6 Å². The van der Waals surface area contributed by atoms with Gasteiger partial charge < -0.3 is 15.1 Å². The molecule has 2 amide bonds. The topological polar surface area (TPSA) is 79.6 Å². The van der Waals surface area contributed by atoms with E-state index in [1.54, 1.807) is 4.90 Å². The Morgan fingerprint density at radius 3 is 2.38 bits per heavy atom. The lowest BCUT2D eigenvalue weighted by Crippen LogP contribution is -3.18. The minimum Gasteiger partial charge on any atom is -0.331 e. The predicted molar refractivity (Wildman–Crippen MR) is 113 cm³/mol. The van der Waals surface area contributed by atoms with E-state index in [9.17, 15) is 9.59 Å². The van der Waals surface area contributed by atoms with Crippen LogP contribution in [0.15, 0.2) is 0 Å². The number of carbonyl (C=O) groups excluding carboxylic acids is 2. The van der Waals surface area contributed by atoms with E-state index in [2.05, 4.69) is 15.5 Å². The van der Waals surface area contributed by atoms with E-state index in [0.717, 1.165) is 37.2 Å². The van der Waals surface area contributed by atoms with Gasteiger partial charge in [0.1, 0.15) is 5.01 Å². The van der Waals surface area contributed by atoms with Crippen LogP contribution in [0.5, 0.6) is 0 Å². The van der Waals surface area contributed by atoms with Crippen molar-refractivity contribution in [1.82, 2.24) is 15.1 Å². The van der Waals surface area contributed by atoms with E-state index in [0.29, 0.717) is 11.0 Å². The van der Waals surface area contributed by atoms with E-state index in [4.69, 9.17) is 0 Å². The fourth-order valence-corrected chi connectivity index (χ4v) is 6.07. The predicted octanol–water partition coefficient (Wildman–Crippen LogP) is 1.97. The summed E-state index contributed by atoms with van der Waals surface area (Å²) in [6, 6.07) is 0.809. The second-order valence-corrected chi connectivity index (χ2v) is 9.86. The average molecular weight is 421 g/mol. The number of nitrogens with zero attached hydrogens (tertiary/aromatic N) is 3. The average Bonchev–Trinajstić information content (AvgIpc) is 3.45. The summed E-state index contributed by atoms with van der Waals surface area (Å²) in [5, 5.41) is 12.9. The molecule has 2 saturated carbocycles. The number of amides is 2. The maximum absolute atomic E-state index is 12.5. The van der Waals surface area contributed by atoms with Gasteiger partial charge in [-0.2, -0.15) is 0 Å². The molecule has 3 aliphatic rings. The summed E-state index contributed by atoms with van der Waals surface area (Å²) in [7, 11) is 0. The molecule has 160 valence electrons.